The number of esters is 1. The van der Waals surface area contributed by atoms with E-state index in [-0.39, 0.29) is 44.1 Å². The van der Waals surface area contributed by atoms with Gasteiger partial charge < -0.3 is 44.6 Å². The third-order valence-corrected chi connectivity index (χ3v) is 9.60. The summed E-state index contributed by atoms with van der Waals surface area (Å²) >= 11 is 1.32. The molecule has 2 aliphatic rings. The quantitative estimate of drug-likeness (QED) is 0.0707. The minimum absolute atomic E-state index is 0.110. The predicted octanol–water partition coefficient (Wildman–Crippen LogP) is 3.40. The molecule has 1 aliphatic carbocycles. The molecule has 302 valence electrons. The van der Waals surface area contributed by atoms with Crippen molar-refractivity contribution in [3.8, 4) is 0 Å². The Morgan fingerprint density at radius 3 is 2.24 bits per heavy atom. The Balaban J connectivity index is 1.80. The van der Waals surface area contributed by atoms with Crippen LogP contribution < -0.4 is 16.0 Å². The van der Waals surface area contributed by atoms with E-state index in [9.17, 15) is 34.1 Å². The molecule has 0 aromatic heterocycles. The minimum atomic E-state index is -1.58. The van der Waals surface area contributed by atoms with E-state index in [4.69, 9.17) is 18.9 Å². The summed E-state index contributed by atoms with van der Waals surface area (Å²) in [5.74, 6) is -1.78. The minimum Gasteiger partial charge on any atom is -0.460 e. The number of hydrogen-bond donors (Lipinski definition) is 3. The highest BCUT2D eigenvalue weighted by Crippen LogP contribution is 2.29. The highest BCUT2D eigenvalue weighted by Gasteiger charge is 2.39. The first-order valence-corrected chi connectivity index (χ1v) is 19.9. The van der Waals surface area contributed by atoms with Gasteiger partial charge in [0.25, 0.3) is 5.09 Å². The van der Waals surface area contributed by atoms with Crippen molar-refractivity contribution in [2.45, 2.75) is 102 Å². The monoisotopic (exact) mass is 781 g/mol. The van der Waals surface area contributed by atoms with Gasteiger partial charge in [-0.1, -0.05) is 62.4 Å². The second-order valence-corrected chi connectivity index (χ2v) is 14.5. The summed E-state index contributed by atoms with van der Waals surface area (Å²) in [4.78, 5) is 83.8. The van der Waals surface area contributed by atoms with Crippen LogP contribution in [0.5, 0.6) is 0 Å². The molecule has 0 spiro atoms. The first kappa shape index (κ1) is 44.1. The van der Waals surface area contributed by atoms with Gasteiger partial charge in [0.1, 0.15) is 12.1 Å². The van der Waals surface area contributed by atoms with Gasteiger partial charge in [-0.3, -0.25) is 9.59 Å². The second kappa shape index (κ2) is 24.2. The van der Waals surface area contributed by atoms with Crippen molar-refractivity contribution in [3.63, 3.8) is 0 Å². The number of unbranched alkanes of at least 4 members (excludes halogenated alkanes) is 1. The van der Waals surface area contributed by atoms with Crippen molar-refractivity contribution in [1.29, 1.82) is 0 Å². The summed E-state index contributed by atoms with van der Waals surface area (Å²) in [6, 6.07) is 5.63. The standard InChI is InChI=1S/C36H55N5O12S/c1-25(2)52-34(44)31(53-36(46)50-18-10-11-19-51-41(47)48)28(22-26-12-6-4-7-13-26)37-33(43)30(24-54-3)38-32(42)29(23-27-14-8-5-9-15-27)39-35(45)40-16-20-49-21-17-40/h5,8-9,14-15,25-26,28-31H,4,6-7,10-13,16-24H2,1-3H3,(H,37,43)(H,38,42)(H,39,45)/t28-,29-,30-,31-/m0/s1. The molecule has 4 amide bonds. The van der Waals surface area contributed by atoms with Crippen LogP contribution in [-0.4, -0.2) is 122 Å². The molecular weight excluding hydrogens is 726 g/mol. The van der Waals surface area contributed by atoms with Gasteiger partial charge in [0, 0.05) is 25.3 Å². The van der Waals surface area contributed by atoms with Gasteiger partial charge in [-0.25, -0.2) is 14.4 Å². The largest absolute Gasteiger partial charge is 0.509 e. The molecular formula is C36H55N5O12S. The van der Waals surface area contributed by atoms with Crippen LogP contribution in [0.25, 0.3) is 0 Å². The Morgan fingerprint density at radius 2 is 1.59 bits per heavy atom. The average Bonchev–Trinajstić information content (AvgIpc) is 3.15. The van der Waals surface area contributed by atoms with Crippen molar-refractivity contribution >= 4 is 41.7 Å². The third-order valence-electron chi connectivity index (χ3n) is 8.93. The van der Waals surface area contributed by atoms with Crippen LogP contribution >= 0.6 is 11.8 Å². The number of rotatable bonds is 21. The molecule has 1 aliphatic heterocycles. The molecule has 18 heteroatoms. The van der Waals surface area contributed by atoms with Gasteiger partial charge in [0.05, 0.1) is 38.6 Å². The maximum atomic E-state index is 14.1. The first-order valence-electron chi connectivity index (χ1n) is 18.5. The molecule has 1 saturated heterocycles. The van der Waals surface area contributed by atoms with Crippen LogP contribution in [0.4, 0.5) is 9.59 Å². The number of carbonyl (C=O) groups excluding carboxylic acids is 5. The molecule has 1 saturated carbocycles. The number of benzene rings is 1. The highest BCUT2D eigenvalue weighted by molar-refractivity contribution is 7.98. The zero-order valence-corrected chi connectivity index (χ0v) is 32.2. The summed E-state index contributed by atoms with van der Waals surface area (Å²) in [5, 5.41) is 18.0. The van der Waals surface area contributed by atoms with Crippen LogP contribution in [0.15, 0.2) is 30.3 Å². The molecule has 3 N–H and O–H groups in total. The van der Waals surface area contributed by atoms with E-state index in [1.165, 1.54) is 11.8 Å². The number of carbonyl (C=O) groups is 5. The fourth-order valence-corrected chi connectivity index (χ4v) is 6.81. The van der Waals surface area contributed by atoms with Crippen molar-refractivity contribution in [1.82, 2.24) is 20.9 Å². The SMILES string of the molecule is CSC[C@H](NC(=O)[C@H](Cc1ccccc1)NC(=O)N1CCOCC1)C(=O)N[C@@H](CC1CCCCC1)[C@H](OC(=O)OCCCCO[N+](=O)[O-])C(=O)OC(C)C. The summed E-state index contributed by atoms with van der Waals surface area (Å²) in [6.07, 6.45) is 4.11. The van der Waals surface area contributed by atoms with Gasteiger partial charge in [0.15, 0.2) is 0 Å². The van der Waals surface area contributed by atoms with E-state index in [0.29, 0.717) is 32.7 Å². The average molecular weight is 782 g/mol. The lowest BCUT2D eigenvalue weighted by atomic mass is 9.83. The first-order chi connectivity index (χ1) is 26.0. The van der Waals surface area contributed by atoms with E-state index in [1.54, 1.807) is 25.0 Å². The number of nitrogens with zero attached hydrogens (tertiary/aromatic N) is 2. The molecule has 0 unspecified atom stereocenters. The number of urea groups is 1. The predicted molar refractivity (Wildman–Crippen MR) is 198 cm³/mol. The van der Waals surface area contributed by atoms with E-state index < -0.39 is 65.4 Å². The summed E-state index contributed by atoms with van der Waals surface area (Å²) in [6.45, 7) is 4.47. The van der Waals surface area contributed by atoms with Crippen molar-refractivity contribution in [3.05, 3.63) is 46.0 Å². The molecule has 4 atom stereocenters. The summed E-state index contributed by atoms with van der Waals surface area (Å²) in [5.41, 5.74) is 0.804. The van der Waals surface area contributed by atoms with Crippen LogP contribution in [0.1, 0.15) is 70.8 Å². The van der Waals surface area contributed by atoms with Crippen LogP contribution in [0.2, 0.25) is 0 Å². The fraction of sp³-hybridized carbons (Fsp3) is 0.694. The smallest absolute Gasteiger partial charge is 0.460 e. The molecule has 0 bridgehead atoms. The van der Waals surface area contributed by atoms with Crippen molar-refractivity contribution < 1.29 is 52.8 Å². The van der Waals surface area contributed by atoms with Gasteiger partial charge >= 0.3 is 18.2 Å². The van der Waals surface area contributed by atoms with Crippen LogP contribution in [-0.2, 0) is 44.6 Å². The maximum absolute atomic E-state index is 14.1. The van der Waals surface area contributed by atoms with Gasteiger partial charge in [-0.15, -0.1) is 10.1 Å². The zero-order chi connectivity index (χ0) is 39.3. The number of thioether (sulfide) groups is 1. The lowest BCUT2D eigenvalue weighted by Crippen LogP contribution is -2.60. The molecule has 17 nitrogen and oxygen atoms in total. The Hall–Kier alpha value is -4.32. The van der Waals surface area contributed by atoms with Gasteiger partial charge in [0.2, 0.25) is 17.9 Å². The van der Waals surface area contributed by atoms with Crippen molar-refractivity contribution in [2.24, 2.45) is 5.92 Å². The summed E-state index contributed by atoms with van der Waals surface area (Å²) in [7, 11) is 0. The number of hydrogen-bond acceptors (Lipinski definition) is 13. The molecule has 54 heavy (non-hydrogen) atoms. The lowest BCUT2D eigenvalue weighted by molar-refractivity contribution is -0.757. The number of amides is 4. The van der Waals surface area contributed by atoms with Crippen LogP contribution in [0.3, 0.4) is 0 Å². The normalized spacial score (nSPS) is 16.9. The Kier molecular flexibility index (Phi) is 19.7. The van der Waals surface area contributed by atoms with Crippen LogP contribution in [0, 0.1) is 16.0 Å². The highest BCUT2D eigenvalue weighted by atomic mass is 32.2. The van der Waals surface area contributed by atoms with Crippen molar-refractivity contribution in [2.75, 3.05) is 51.5 Å². The Bertz CT molecular complexity index is 1340. The van der Waals surface area contributed by atoms with Gasteiger partial charge in [-0.05, 0) is 50.8 Å². The lowest BCUT2D eigenvalue weighted by Gasteiger charge is -2.32. The maximum Gasteiger partial charge on any atom is 0.509 e. The third kappa shape index (κ3) is 16.4. The Morgan fingerprint density at radius 1 is 0.926 bits per heavy atom. The topological polar surface area (TPSA) is 214 Å². The molecule has 1 heterocycles. The number of morpholine rings is 1. The second-order valence-electron chi connectivity index (χ2n) is 13.5. The zero-order valence-electron chi connectivity index (χ0n) is 31.4. The van der Waals surface area contributed by atoms with E-state index in [2.05, 4.69) is 20.8 Å². The summed E-state index contributed by atoms with van der Waals surface area (Å²) < 4.78 is 21.5. The fourth-order valence-electron chi connectivity index (χ4n) is 6.24. The van der Waals surface area contributed by atoms with Gasteiger partial charge in [-0.2, -0.15) is 11.8 Å². The molecule has 0 radical (unpaired) electrons. The van der Waals surface area contributed by atoms with E-state index in [1.807, 2.05) is 30.3 Å². The molecule has 1 aromatic carbocycles. The molecule has 2 fully saturated rings. The number of ether oxygens (including phenoxy) is 4. The van der Waals surface area contributed by atoms with E-state index in [0.717, 1.165) is 37.7 Å². The number of nitrogens with one attached hydrogen (secondary N) is 3. The molecule has 3 rings (SSSR count). The molecule has 1 aromatic rings. The Labute approximate surface area is 320 Å². The van der Waals surface area contributed by atoms with E-state index >= 15 is 0 Å².